The summed E-state index contributed by atoms with van der Waals surface area (Å²) in [6.45, 7) is 1.59. The number of methoxy groups -OCH3 is 2. The number of carbonyl (C=O) groups is 2. The second-order valence-corrected chi connectivity index (χ2v) is 4.38. The second kappa shape index (κ2) is 8.11. The predicted molar refractivity (Wildman–Crippen MR) is 78.2 cm³/mol. The van der Waals surface area contributed by atoms with E-state index in [0.29, 0.717) is 11.5 Å². The number of ether oxygens (including phenoxy) is 2. The first-order valence-corrected chi connectivity index (χ1v) is 6.49. The third-order valence-electron chi connectivity index (χ3n) is 2.92. The molecular weight excluding hydrogens is 274 g/mol. The maximum absolute atomic E-state index is 11.7. The highest BCUT2D eigenvalue weighted by molar-refractivity contribution is 5.85. The van der Waals surface area contributed by atoms with E-state index >= 15 is 0 Å². The number of amides is 2. The first-order valence-electron chi connectivity index (χ1n) is 6.49. The van der Waals surface area contributed by atoms with Gasteiger partial charge in [-0.15, -0.1) is 0 Å². The topological polar surface area (TPSA) is 103 Å². The van der Waals surface area contributed by atoms with Gasteiger partial charge in [0.05, 0.1) is 33.4 Å². The Morgan fingerprint density at radius 2 is 1.86 bits per heavy atom. The zero-order valence-electron chi connectivity index (χ0n) is 12.4. The summed E-state index contributed by atoms with van der Waals surface area (Å²) >= 11 is 0. The fourth-order valence-electron chi connectivity index (χ4n) is 1.75. The molecule has 21 heavy (non-hydrogen) atoms. The van der Waals surface area contributed by atoms with E-state index in [-0.39, 0.29) is 30.9 Å². The number of hydrogen-bond acceptors (Lipinski definition) is 5. The average molecular weight is 295 g/mol. The van der Waals surface area contributed by atoms with Crippen LogP contribution in [0.15, 0.2) is 18.2 Å². The summed E-state index contributed by atoms with van der Waals surface area (Å²) in [5, 5.41) is 5.18. The molecule has 7 nitrogen and oxygen atoms in total. The van der Waals surface area contributed by atoms with E-state index in [1.165, 1.54) is 0 Å². The Morgan fingerprint density at radius 1 is 1.19 bits per heavy atom. The van der Waals surface area contributed by atoms with E-state index < -0.39 is 0 Å². The highest BCUT2D eigenvalue weighted by atomic mass is 16.5. The zero-order valence-corrected chi connectivity index (χ0v) is 12.4. The van der Waals surface area contributed by atoms with Gasteiger partial charge in [0.25, 0.3) is 0 Å². The largest absolute Gasteiger partial charge is 0.493 e. The summed E-state index contributed by atoms with van der Waals surface area (Å²) in [4.78, 5) is 22.7. The molecule has 0 saturated carbocycles. The van der Waals surface area contributed by atoms with Crippen LogP contribution in [0.2, 0.25) is 0 Å². The van der Waals surface area contributed by atoms with Gasteiger partial charge in [-0.1, -0.05) is 6.07 Å². The van der Waals surface area contributed by atoms with Gasteiger partial charge in [0.1, 0.15) is 0 Å². The number of carbonyl (C=O) groups excluding carboxylic acids is 2. The number of hydrogen-bond donors (Lipinski definition) is 3. The summed E-state index contributed by atoms with van der Waals surface area (Å²) in [6.07, 6.45) is 0. The van der Waals surface area contributed by atoms with Gasteiger partial charge in [-0.05, 0) is 24.6 Å². The van der Waals surface area contributed by atoms with Gasteiger partial charge in [0, 0.05) is 0 Å². The first-order chi connectivity index (χ1) is 10.0. The van der Waals surface area contributed by atoms with Crippen molar-refractivity contribution in [3.05, 3.63) is 23.8 Å². The van der Waals surface area contributed by atoms with Gasteiger partial charge in [0.15, 0.2) is 11.5 Å². The van der Waals surface area contributed by atoms with Crippen molar-refractivity contribution in [2.75, 3.05) is 27.3 Å². The zero-order chi connectivity index (χ0) is 15.8. The molecule has 0 aromatic heterocycles. The van der Waals surface area contributed by atoms with Gasteiger partial charge >= 0.3 is 0 Å². The molecule has 1 rings (SSSR count). The molecule has 0 fully saturated rings. The molecule has 0 bridgehead atoms. The maximum Gasteiger partial charge on any atom is 0.239 e. The van der Waals surface area contributed by atoms with Crippen LogP contribution >= 0.6 is 0 Å². The molecule has 7 heteroatoms. The summed E-state index contributed by atoms with van der Waals surface area (Å²) in [5.74, 6) is 0.547. The summed E-state index contributed by atoms with van der Waals surface area (Å²) in [7, 11) is 3.11. The van der Waals surface area contributed by atoms with Crippen LogP contribution in [0.25, 0.3) is 0 Å². The number of nitrogens with one attached hydrogen (secondary N) is 2. The van der Waals surface area contributed by atoms with Crippen molar-refractivity contribution in [3.63, 3.8) is 0 Å². The average Bonchev–Trinajstić information content (AvgIpc) is 2.51. The van der Waals surface area contributed by atoms with Crippen molar-refractivity contribution in [3.8, 4) is 11.5 Å². The van der Waals surface area contributed by atoms with Gasteiger partial charge < -0.3 is 25.8 Å². The summed E-state index contributed by atoms with van der Waals surface area (Å²) < 4.78 is 10.4. The maximum atomic E-state index is 11.7. The minimum absolute atomic E-state index is 0.104. The van der Waals surface area contributed by atoms with Crippen LogP contribution in [-0.4, -0.2) is 39.1 Å². The third-order valence-corrected chi connectivity index (χ3v) is 2.92. The lowest BCUT2D eigenvalue weighted by atomic mass is 10.1. The number of nitrogens with two attached hydrogens (primary N) is 1. The first kappa shape index (κ1) is 16.8. The van der Waals surface area contributed by atoms with Crippen molar-refractivity contribution in [2.45, 2.75) is 13.0 Å². The fourth-order valence-corrected chi connectivity index (χ4v) is 1.75. The molecular formula is C14H21N3O4. The highest BCUT2D eigenvalue weighted by Gasteiger charge is 2.13. The van der Waals surface area contributed by atoms with Crippen molar-refractivity contribution in [1.82, 2.24) is 10.6 Å². The van der Waals surface area contributed by atoms with Crippen molar-refractivity contribution in [1.29, 1.82) is 0 Å². The Balaban J connectivity index is 2.64. The molecule has 116 valence electrons. The number of benzene rings is 1. The van der Waals surface area contributed by atoms with Crippen molar-refractivity contribution >= 4 is 11.8 Å². The normalized spacial score (nSPS) is 11.4. The van der Waals surface area contributed by atoms with Crippen LogP contribution in [0.3, 0.4) is 0 Å². The molecule has 0 spiro atoms. The third kappa shape index (κ3) is 4.96. The molecule has 0 radical (unpaired) electrons. The van der Waals surface area contributed by atoms with Crippen LogP contribution in [0.1, 0.15) is 18.5 Å². The quantitative estimate of drug-likeness (QED) is 0.655. The Bertz CT molecular complexity index is 505. The molecule has 0 aliphatic carbocycles. The Morgan fingerprint density at radius 3 is 2.43 bits per heavy atom. The van der Waals surface area contributed by atoms with Gasteiger partial charge in [-0.2, -0.15) is 0 Å². The second-order valence-electron chi connectivity index (χ2n) is 4.38. The predicted octanol–water partition coefficient (Wildman–Crippen LogP) is -0.0441. The molecule has 1 aromatic carbocycles. The monoisotopic (exact) mass is 295 g/mol. The van der Waals surface area contributed by atoms with Gasteiger partial charge in [0.2, 0.25) is 11.8 Å². The van der Waals surface area contributed by atoms with Gasteiger partial charge in [-0.25, -0.2) is 0 Å². The standard InChI is InChI=1S/C14H21N3O4/c1-9(17-14(19)8-16-13(18)7-15)10-4-5-11(20-2)12(6-10)21-3/h4-6,9H,7-8,15H2,1-3H3,(H,16,18)(H,17,19). The van der Waals surface area contributed by atoms with Crippen LogP contribution < -0.4 is 25.8 Å². The van der Waals surface area contributed by atoms with E-state index in [9.17, 15) is 9.59 Å². The lowest BCUT2D eigenvalue weighted by Crippen LogP contribution is -2.40. The van der Waals surface area contributed by atoms with E-state index in [2.05, 4.69) is 10.6 Å². The van der Waals surface area contributed by atoms with E-state index in [4.69, 9.17) is 15.2 Å². The van der Waals surface area contributed by atoms with Crippen molar-refractivity contribution in [2.24, 2.45) is 5.73 Å². The summed E-state index contributed by atoms with van der Waals surface area (Å²) in [6, 6.07) is 5.17. The Kier molecular flexibility index (Phi) is 6.48. The van der Waals surface area contributed by atoms with Crippen molar-refractivity contribution < 1.29 is 19.1 Å². The fraction of sp³-hybridized carbons (Fsp3) is 0.429. The summed E-state index contributed by atoms with van der Waals surface area (Å²) in [5.41, 5.74) is 6.01. The molecule has 1 aromatic rings. The Labute approximate surface area is 123 Å². The molecule has 0 heterocycles. The van der Waals surface area contributed by atoms with Crippen LogP contribution in [0.4, 0.5) is 0 Å². The molecule has 0 saturated heterocycles. The lowest BCUT2D eigenvalue weighted by Gasteiger charge is -2.16. The molecule has 0 aliphatic rings. The van der Waals surface area contributed by atoms with Crippen LogP contribution in [0, 0.1) is 0 Å². The van der Waals surface area contributed by atoms with Crippen LogP contribution in [-0.2, 0) is 9.59 Å². The molecule has 1 unspecified atom stereocenters. The molecule has 0 aliphatic heterocycles. The molecule has 2 amide bonds. The van der Waals surface area contributed by atoms with E-state index in [0.717, 1.165) is 5.56 Å². The SMILES string of the molecule is COc1ccc(C(C)NC(=O)CNC(=O)CN)cc1OC. The highest BCUT2D eigenvalue weighted by Crippen LogP contribution is 2.29. The molecule has 4 N–H and O–H groups in total. The smallest absolute Gasteiger partial charge is 0.239 e. The van der Waals surface area contributed by atoms with E-state index in [1.807, 2.05) is 13.0 Å². The minimum atomic E-state index is -0.371. The van der Waals surface area contributed by atoms with E-state index in [1.54, 1.807) is 26.4 Å². The molecule has 1 atom stereocenters. The van der Waals surface area contributed by atoms with Gasteiger partial charge in [-0.3, -0.25) is 9.59 Å². The Hall–Kier alpha value is -2.28. The minimum Gasteiger partial charge on any atom is -0.493 e. The lowest BCUT2D eigenvalue weighted by molar-refractivity contribution is -0.125. The van der Waals surface area contributed by atoms with Crippen LogP contribution in [0.5, 0.6) is 11.5 Å². The number of rotatable bonds is 7.